The maximum atomic E-state index is 12.2. The van der Waals surface area contributed by atoms with Gasteiger partial charge in [0.15, 0.2) is 0 Å². The number of carbonyl (C=O) groups excluding carboxylic acids is 1. The van der Waals surface area contributed by atoms with Crippen molar-refractivity contribution in [3.8, 4) is 0 Å². The van der Waals surface area contributed by atoms with Gasteiger partial charge in [-0.1, -0.05) is 30.3 Å². The van der Waals surface area contributed by atoms with Crippen LogP contribution in [0.3, 0.4) is 0 Å². The van der Waals surface area contributed by atoms with Gasteiger partial charge >= 0.3 is 0 Å². The summed E-state index contributed by atoms with van der Waals surface area (Å²) in [4.78, 5) is 14.7. The first-order chi connectivity index (χ1) is 11.3. The zero-order valence-corrected chi connectivity index (χ0v) is 16.4. The van der Waals surface area contributed by atoms with Crippen LogP contribution < -0.4 is 10.6 Å². The van der Waals surface area contributed by atoms with E-state index in [9.17, 15) is 4.79 Å². The van der Waals surface area contributed by atoms with E-state index in [-0.39, 0.29) is 30.7 Å². The Hall–Kier alpha value is -0.810. The van der Waals surface area contributed by atoms with Crippen LogP contribution in [0, 0.1) is 5.92 Å². The van der Waals surface area contributed by atoms with Gasteiger partial charge < -0.3 is 10.6 Å². The van der Waals surface area contributed by atoms with Gasteiger partial charge in [-0.25, -0.2) is 0 Å². The number of benzene rings is 1. The summed E-state index contributed by atoms with van der Waals surface area (Å²) < 4.78 is 0. The van der Waals surface area contributed by atoms with Crippen LogP contribution in [-0.2, 0) is 11.3 Å². The molecule has 2 aliphatic heterocycles. The Labute approximate surface area is 163 Å². The first-order valence-corrected chi connectivity index (χ1v) is 9.06. The third-order valence-electron chi connectivity index (χ3n) is 5.13. The van der Waals surface area contributed by atoms with E-state index < -0.39 is 0 Å². The fraction of sp³-hybridized carbons (Fsp3) is 0.632. The average molecular weight is 388 g/mol. The fourth-order valence-electron chi connectivity index (χ4n) is 3.71. The highest BCUT2D eigenvalue weighted by Crippen LogP contribution is 2.17. The summed E-state index contributed by atoms with van der Waals surface area (Å²) in [6, 6.07) is 11.0. The van der Waals surface area contributed by atoms with Crippen LogP contribution in [0.1, 0.15) is 37.7 Å². The Morgan fingerprint density at radius 1 is 1.04 bits per heavy atom. The molecule has 3 rings (SSSR count). The maximum absolute atomic E-state index is 12.2. The molecule has 142 valence electrons. The minimum atomic E-state index is 0. The highest BCUT2D eigenvalue weighted by atomic mass is 35.5. The lowest BCUT2D eigenvalue weighted by atomic mass is 9.94. The highest BCUT2D eigenvalue weighted by Gasteiger charge is 2.22. The van der Waals surface area contributed by atoms with Crippen molar-refractivity contribution in [3.63, 3.8) is 0 Å². The third kappa shape index (κ3) is 7.53. The van der Waals surface area contributed by atoms with Crippen LogP contribution in [0.2, 0.25) is 0 Å². The zero-order valence-electron chi connectivity index (χ0n) is 14.8. The second-order valence-electron chi connectivity index (χ2n) is 7.00. The number of hydrogen-bond acceptors (Lipinski definition) is 3. The number of halogens is 2. The van der Waals surface area contributed by atoms with E-state index in [1.165, 1.54) is 5.56 Å². The van der Waals surface area contributed by atoms with Crippen molar-refractivity contribution in [1.29, 1.82) is 0 Å². The lowest BCUT2D eigenvalue weighted by molar-refractivity contribution is -0.123. The van der Waals surface area contributed by atoms with Gasteiger partial charge in [-0.3, -0.25) is 9.69 Å². The fourth-order valence-corrected chi connectivity index (χ4v) is 3.71. The number of amides is 1. The summed E-state index contributed by atoms with van der Waals surface area (Å²) >= 11 is 0. The summed E-state index contributed by atoms with van der Waals surface area (Å²) in [7, 11) is 0. The largest absolute Gasteiger partial charge is 0.353 e. The van der Waals surface area contributed by atoms with Gasteiger partial charge in [-0.2, -0.15) is 0 Å². The molecule has 0 spiro atoms. The van der Waals surface area contributed by atoms with Gasteiger partial charge in [-0.05, 0) is 50.3 Å². The lowest BCUT2D eigenvalue weighted by Crippen LogP contribution is -2.45. The van der Waals surface area contributed by atoms with E-state index >= 15 is 0 Å². The maximum Gasteiger partial charge on any atom is 0.220 e. The molecule has 0 radical (unpaired) electrons. The SMILES string of the molecule is Cl.Cl.O=C(CC1CCNCC1)NC1CCN(Cc2ccccc2)CC1. The van der Waals surface area contributed by atoms with Crippen LogP contribution in [-0.4, -0.2) is 43.0 Å². The lowest BCUT2D eigenvalue weighted by Gasteiger charge is -2.32. The molecule has 0 saturated carbocycles. The predicted octanol–water partition coefficient (Wildman–Crippen LogP) is 3.00. The van der Waals surface area contributed by atoms with Gasteiger partial charge in [0, 0.05) is 32.1 Å². The molecule has 1 amide bonds. The summed E-state index contributed by atoms with van der Waals surface area (Å²) in [5.74, 6) is 0.841. The monoisotopic (exact) mass is 387 g/mol. The van der Waals surface area contributed by atoms with E-state index in [0.717, 1.165) is 58.4 Å². The molecule has 6 heteroatoms. The van der Waals surface area contributed by atoms with Gasteiger partial charge in [0.25, 0.3) is 0 Å². The summed E-state index contributed by atoms with van der Waals surface area (Å²) in [6.07, 6.45) is 5.15. The predicted molar refractivity (Wildman–Crippen MR) is 108 cm³/mol. The molecule has 2 heterocycles. The number of likely N-dealkylation sites (tertiary alicyclic amines) is 1. The van der Waals surface area contributed by atoms with E-state index in [1.54, 1.807) is 0 Å². The number of nitrogens with zero attached hydrogens (tertiary/aromatic N) is 1. The van der Waals surface area contributed by atoms with Crippen LogP contribution in [0.4, 0.5) is 0 Å². The van der Waals surface area contributed by atoms with Crippen LogP contribution in [0.15, 0.2) is 30.3 Å². The van der Waals surface area contributed by atoms with Gasteiger partial charge in [0.2, 0.25) is 5.91 Å². The quantitative estimate of drug-likeness (QED) is 0.815. The Balaban J connectivity index is 0.00000156. The van der Waals surface area contributed by atoms with Crippen molar-refractivity contribution >= 4 is 30.7 Å². The van der Waals surface area contributed by atoms with Crippen LogP contribution >= 0.6 is 24.8 Å². The van der Waals surface area contributed by atoms with E-state index in [4.69, 9.17) is 0 Å². The van der Waals surface area contributed by atoms with Gasteiger partial charge in [0.05, 0.1) is 0 Å². The van der Waals surface area contributed by atoms with Crippen molar-refractivity contribution in [3.05, 3.63) is 35.9 Å². The second-order valence-corrected chi connectivity index (χ2v) is 7.00. The Morgan fingerprint density at radius 2 is 1.68 bits per heavy atom. The molecule has 1 aromatic carbocycles. The van der Waals surface area contributed by atoms with E-state index in [0.29, 0.717) is 18.4 Å². The molecule has 1 aromatic rings. The zero-order chi connectivity index (χ0) is 15.9. The van der Waals surface area contributed by atoms with Crippen LogP contribution in [0.5, 0.6) is 0 Å². The number of hydrogen-bond donors (Lipinski definition) is 2. The van der Waals surface area contributed by atoms with Crippen molar-refractivity contribution in [2.45, 2.75) is 44.7 Å². The first kappa shape index (κ1) is 22.2. The summed E-state index contributed by atoms with van der Waals surface area (Å²) in [6.45, 7) is 5.31. The molecule has 0 aliphatic carbocycles. The molecular weight excluding hydrogens is 357 g/mol. The minimum absolute atomic E-state index is 0. The highest BCUT2D eigenvalue weighted by molar-refractivity contribution is 5.85. The molecule has 2 fully saturated rings. The molecule has 0 unspecified atom stereocenters. The van der Waals surface area contributed by atoms with Crippen molar-refractivity contribution < 1.29 is 4.79 Å². The normalized spacial score (nSPS) is 19.5. The number of carbonyl (C=O) groups is 1. The molecule has 0 bridgehead atoms. The summed E-state index contributed by atoms with van der Waals surface area (Å²) in [5.41, 5.74) is 1.38. The van der Waals surface area contributed by atoms with Gasteiger partial charge in [-0.15, -0.1) is 24.8 Å². The smallest absolute Gasteiger partial charge is 0.220 e. The molecular formula is C19H31Cl2N3O. The van der Waals surface area contributed by atoms with Crippen molar-refractivity contribution in [2.24, 2.45) is 5.92 Å². The number of piperidine rings is 2. The molecule has 2 N–H and O–H groups in total. The van der Waals surface area contributed by atoms with E-state index in [1.807, 2.05) is 0 Å². The molecule has 2 aliphatic rings. The Morgan fingerprint density at radius 3 is 2.32 bits per heavy atom. The Bertz CT molecular complexity index is 487. The van der Waals surface area contributed by atoms with E-state index in [2.05, 4.69) is 45.9 Å². The van der Waals surface area contributed by atoms with Crippen molar-refractivity contribution in [1.82, 2.24) is 15.5 Å². The number of rotatable bonds is 5. The summed E-state index contributed by atoms with van der Waals surface area (Å²) in [5, 5.41) is 6.62. The first-order valence-electron chi connectivity index (χ1n) is 9.06. The Kier molecular flexibility index (Phi) is 10.4. The molecule has 0 atom stereocenters. The minimum Gasteiger partial charge on any atom is -0.353 e. The van der Waals surface area contributed by atoms with Crippen LogP contribution in [0.25, 0.3) is 0 Å². The second kappa shape index (κ2) is 11.7. The molecule has 4 nitrogen and oxygen atoms in total. The standard InChI is InChI=1S/C19H29N3O.2ClH/c23-19(14-16-6-10-20-11-7-16)21-18-8-12-22(13-9-18)15-17-4-2-1-3-5-17;;/h1-5,16,18,20H,6-15H2,(H,21,23);2*1H. The van der Waals surface area contributed by atoms with Crippen molar-refractivity contribution in [2.75, 3.05) is 26.2 Å². The average Bonchev–Trinajstić information content (AvgIpc) is 2.58. The topological polar surface area (TPSA) is 44.4 Å². The number of nitrogens with one attached hydrogen (secondary N) is 2. The molecule has 25 heavy (non-hydrogen) atoms. The molecule has 2 saturated heterocycles. The third-order valence-corrected chi connectivity index (χ3v) is 5.13. The van der Waals surface area contributed by atoms with Gasteiger partial charge in [0.1, 0.15) is 0 Å². The molecule has 0 aromatic heterocycles.